The van der Waals surface area contributed by atoms with E-state index in [0.717, 1.165) is 15.9 Å². The summed E-state index contributed by atoms with van der Waals surface area (Å²) in [5, 5.41) is 3.00. The van der Waals surface area contributed by atoms with E-state index >= 15 is 0 Å². The fraction of sp³-hybridized carbons (Fsp3) is 0.286. The zero-order chi connectivity index (χ0) is 28.3. The summed E-state index contributed by atoms with van der Waals surface area (Å²) in [4.78, 5) is 55.6. The van der Waals surface area contributed by atoms with E-state index in [-0.39, 0.29) is 22.7 Å². The summed E-state index contributed by atoms with van der Waals surface area (Å²) in [6.07, 6.45) is 0. The van der Waals surface area contributed by atoms with Crippen molar-refractivity contribution in [2.75, 3.05) is 32.6 Å². The lowest BCUT2D eigenvalue weighted by molar-refractivity contribution is -0.116. The number of fused-ring (bicyclic) bond motifs is 1. The van der Waals surface area contributed by atoms with Crippen molar-refractivity contribution in [1.29, 1.82) is 0 Å². The van der Waals surface area contributed by atoms with E-state index in [1.807, 2.05) is 13.8 Å². The molecular weight excluding hydrogens is 520 g/mol. The van der Waals surface area contributed by atoms with Crippen LogP contribution in [0.4, 0.5) is 5.69 Å². The van der Waals surface area contributed by atoms with Crippen LogP contribution in [0.3, 0.4) is 0 Å². The molecular formula is C28H30N4O6S. The average molecular weight is 551 g/mol. The Kier molecular flexibility index (Phi) is 8.20. The Labute approximate surface area is 229 Å². The average Bonchev–Trinajstić information content (AvgIpc) is 3.25. The molecule has 2 aromatic carbocycles. The van der Waals surface area contributed by atoms with Crippen molar-refractivity contribution >= 4 is 39.1 Å². The molecule has 4 rings (SSSR count). The number of thiophene rings is 1. The molecule has 0 aliphatic carbocycles. The molecule has 0 bridgehead atoms. The standard InChI is InChI=1S/C28H30N4O6S/c1-6-37-19-14-12-18(13-15-19)32-25(34)23-17(3)24(26(35)30(4)5)39-27(23)31(28(32)36)16-22(33)29-20-10-8-9-11-21(20)38-7-2/h8-15H,6-7,16H2,1-5H3,(H,29,33). The zero-order valence-corrected chi connectivity index (χ0v) is 23.3. The van der Waals surface area contributed by atoms with Crippen LogP contribution < -0.4 is 26.0 Å². The summed E-state index contributed by atoms with van der Waals surface area (Å²) >= 11 is 1.02. The highest BCUT2D eigenvalue weighted by Crippen LogP contribution is 2.29. The highest BCUT2D eigenvalue weighted by Gasteiger charge is 2.25. The molecule has 39 heavy (non-hydrogen) atoms. The van der Waals surface area contributed by atoms with Gasteiger partial charge in [-0.25, -0.2) is 9.36 Å². The Morgan fingerprint density at radius 3 is 2.28 bits per heavy atom. The largest absolute Gasteiger partial charge is 0.494 e. The summed E-state index contributed by atoms with van der Waals surface area (Å²) < 4.78 is 13.3. The molecule has 0 atom stereocenters. The Morgan fingerprint density at radius 1 is 0.974 bits per heavy atom. The molecule has 0 fully saturated rings. The number of benzene rings is 2. The Morgan fingerprint density at radius 2 is 1.64 bits per heavy atom. The second-order valence-electron chi connectivity index (χ2n) is 8.85. The molecule has 204 valence electrons. The molecule has 2 heterocycles. The number of carbonyl (C=O) groups excluding carboxylic acids is 2. The van der Waals surface area contributed by atoms with Crippen LogP contribution >= 0.6 is 11.3 Å². The summed E-state index contributed by atoms with van der Waals surface area (Å²) in [5.41, 5.74) is -0.0371. The van der Waals surface area contributed by atoms with Crippen molar-refractivity contribution in [2.45, 2.75) is 27.3 Å². The number of ether oxygens (including phenoxy) is 2. The molecule has 2 amide bonds. The van der Waals surface area contributed by atoms with Gasteiger partial charge in [0.05, 0.1) is 34.9 Å². The van der Waals surface area contributed by atoms with E-state index in [1.54, 1.807) is 69.6 Å². The number of carbonyl (C=O) groups is 2. The van der Waals surface area contributed by atoms with Crippen molar-refractivity contribution in [1.82, 2.24) is 14.0 Å². The molecule has 0 aliphatic rings. The second-order valence-corrected chi connectivity index (χ2v) is 9.85. The van der Waals surface area contributed by atoms with Gasteiger partial charge in [0.2, 0.25) is 5.91 Å². The van der Waals surface area contributed by atoms with Gasteiger partial charge in [-0.05, 0) is 62.7 Å². The third-order valence-corrected chi connectivity index (χ3v) is 7.28. The molecule has 10 nitrogen and oxygen atoms in total. The number of aryl methyl sites for hydroxylation is 1. The highest BCUT2D eigenvalue weighted by molar-refractivity contribution is 7.20. The molecule has 4 aromatic rings. The number of aromatic nitrogens is 2. The maximum absolute atomic E-state index is 13.8. The van der Waals surface area contributed by atoms with Crippen molar-refractivity contribution < 1.29 is 19.1 Å². The highest BCUT2D eigenvalue weighted by atomic mass is 32.1. The quantitative estimate of drug-likeness (QED) is 0.341. The number of hydrogen-bond donors (Lipinski definition) is 1. The first-order valence-corrected chi connectivity index (χ1v) is 13.2. The summed E-state index contributed by atoms with van der Waals surface area (Å²) in [6.45, 7) is 5.86. The fourth-order valence-corrected chi connectivity index (χ4v) is 5.48. The van der Waals surface area contributed by atoms with Gasteiger partial charge in [-0.1, -0.05) is 12.1 Å². The van der Waals surface area contributed by atoms with Gasteiger partial charge in [0.15, 0.2) is 0 Å². The maximum Gasteiger partial charge on any atom is 0.337 e. The molecule has 0 spiro atoms. The smallest absolute Gasteiger partial charge is 0.337 e. The number of rotatable bonds is 9. The third kappa shape index (κ3) is 5.44. The molecule has 1 N–H and O–H groups in total. The summed E-state index contributed by atoms with van der Waals surface area (Å²) in [7, 11) is 3.22. The summed E-state index contributed by atoms with van der Waals surface area (Å²) in [5.74, 6) is 0.299. The van der Waals surface area contributed by atoms with Gasteiger partial charge in [-0.3, -0.25) is 19.0 Å². The second kappa shape index (κ2) is 11.6. The number of anilines is 1. The fourth-order valence-electron chi connectivity index (χ4n) is 4.16. The van der Waals surface area contributed by atoms with E-state index < -0.39 is 17.2 Å². The van der Waals surface area contributed by atoms with Crippen LogP contribution in [0.2, 0.25) is 0 Å². The Balaban J connectivity index is 1.88. The lowest BCUT2D eigenvalue weighted by Crippen LogP contribution is -2.40. The van der Waals surface area contributed by atoms with Gasteiger partial charge >= 0.3 is 5.69 Å². The minimum Gasteiger partial charge on any atom is -0.494 e. The SMILES string of the molecule is CCOc1ccc(-n2c(=O)c3c(C)c(C(=O)N(C)C)sc3n(CC(=O)Nc3ccccc3OCC)c2=O)cc1. The number of amides is 2. The van der Waals surface area contributed by atoms with Crippen molar-refractivity contribution in [2.24, 2.45) is 0 Å². The van der Waals surface area contributed by atoms with Crippen molar-refractivity contribution in [3.8, 4) is 17.2 Å². The lowest BCUT2D eigenvalue weighted by atomic mass is 10.2. The molecule has 0 radical (unpaired) electrons. The van der Waals surface area contributed by atoms with E-state index in [1.165, 1.54) is 9.47 Å². The van der Waals surface area contributed by atoms with Gasteiger partial charge in [-0.15, -0.1) is 11.3 Å². The van der Waals surface area contributed by atoms with Gasteiger partial charge in [0.25, 0.3) is 11.5 Å². The van der Waals surface area contributed by atoms with Crippen LogP contribution in [0.1, 0.15) is 29.1 Å². The maximum atomic E-state index is 13.8. The topological polar surface area (TPSA) is 112 Å². The first-order chi connectivity index (χ1) is 18.7. The predicted molar refractivity (Wildman–Crippen MR) is 152 cm³/mol. The van der Waals surface area contributed by atoms with Crippen LogP contribution in [0, 0.1) is 6.92 Å². The molecule has 2 aromatic heterocycles. The number of para-hydroxylation sites is 2. The van der Waals surface area contributed by atoms with Crippen LogP contribution in [0.5, 0.6) is 11.5 Å². The van der Waals surface area contributed by atoms with Crippen molar-refractivity contribution in [3.05, 3.63) is 79.8 Å². The summed E-state index contributed by atoms with van der Waals surface area (Å²) in [6, 6.07) is 13.5. The Bertz CT molecular complexity index is 1650. The lowest BCUT2D eigenvalue weighted by Gasteiger charge is -2.14. The number of hydrogen-bond acceptors (Lipinski definition) is 7. The van der Waals surface area contributed by atoms with Gasteiger partial charge in [0, 0.05) is 14.1 Å². The molecule has 0 unspecified atom stereocenters. The van der Waals surface area contributed by atoms with Crippen molar-refractivity contribution in [3.63, 3.8) is 0 Å². The number of nitrogens with zero attached hydrogens (tertiary/aromatic N) is 3. The zero-order valence-electron chi connectivity index (χ0n) is 22.4. The molecule has 0 saturated carbocycles. The third-order valence-electron chi connectivity index (χ3n) is 5.98. The normalized spacial score (nSPS) is 10.9. The number of nitrogens with one attached hydrogen (secondary N) is 1. The van der Waals surface area contributed by atoms with E-state index in [4.69, 9.17) is 9.47 Å². The van der Waals surface area contributed by atoms with E-state index in [0.29, 0.717) is 46.5 Å². The molecule has 0 aliphatic heterocycles. The van der Waals surface area contributed by atoms with Gasteiger partial charge in [0.1, 0.15) is 22.9 Å². The van der Waals surface area contributed by atoms with Crippen LogP contribution in [-0.4, -0.2) is 53.2 Å². The van der Waals surface area contributed by atoms with Crippen LogP contribution in [-0.2, 0) is 11.3 Å². The first-order valence-electron chi connectivity index (χ1n) is 12.4. The van der Waals surface area contributed by atoms with Crippen LogP contribution in [0.15, 0.2) is 58.1 Å². The van der Waals surface area contributed by atoms with Crippen LogP contribution in [0.25, 0.3) is 15.9 Å². The van der Waals surface area contributed by atoms with Gasteiger partial charge in [-0.2, -0.15) is 0 Å². The minimum absolute atomic E-state index is 0.209. The molecule has 11 heteroatoms. The molecule has 0 saturated heterocycles. The van der Waals surface area contributed by atoms with E-state index in [9.17, 15) is 19.2 Å². The van der Waals surface area contributed by atoms with E-state index in [2.05, 4.69) is 5.32 Å². The first kappa shape index (κ1) is 27.6. The monoisotopic (exact) mass is 550 g/mol. The predicted octanol–water partition coefficient (Wildman–Crippen LogP) is 3.66. The Hall–Kier alpha value is -4.38. The minimum atomic E-state index is -0.699. The van der Waals surface area contributed by atoms with Gasteiger partial charge < -0.3 is 19.7 Å².